The third-order valence-corrected chi connectivity index (χ3v) is 6.74. The van der Waals surface area contributed by atoms with Crippen LogP contribution >= 0.6 is 11.3 Å². The summed E-state index contributed by atoms with van der Waals surface area (Å²) in [6.45, 7) is 10.3. The summed E-state index contributed by atoms with van der Waals surface area (Å²) in [5.41, 5.74) is 3.17. The van der Waals surface area contributed by atoms with Gasteiger partial charge in [0.05, 0.1) is 17.0 Å². The maximum atomic E-state index is 12.6. The molecular formula is C25H31N3O2S. The lowest BCUT2D eigenvalue weighted by Gasteiger charge is -2.35. The van der Waals surface area contributed by atoms with Gasteiger partial charge in [0, 0.05) is 26.2 Å². The zero-order valence-electron chi connectivity index (χ0n) is 18.6. The van der Waals surface area contributed by atoms with Gasteiger partial charge in [-0.25, -0.2) is 4.98 Å². The maximum Gasteiger partial charge on any atom is 0.236 e. The molecule has 3 aromatic rings. The average molecular weight is 438 g/mol. The third kappa shape index (κ3) is 5.63. The molecule has 4 rings (SSSR count). The van der Waals surface area contributed by atoms with Crippen molar-refractivity contribution < 1.29 is 9.21 Å². The minimum atomic E-state index is -0.0378. The molecule has 0 saturated carbocycles. The third-order valence-electron chi connectivity index (χ3n) is 5.89. The van der Waals surface area contributed by atoms with Gasteiger partial charge in [-0.15, -0.1) is 11.3 Å². The van der Waals surface area contributed by atoms with Crippen molar-refractivity contribution in [3.63, 3.8) is 0 Å². The zero-order valence-corrected chi connectivity index (χ0v) is 19.4. The van der Waals surface area contributed by atoms with E-state index in [4.69, 9.17) is 4.42 Å². The number of piperidine rings is 1. The van der Waals surface area contributed by atoms with Gasteiger partial charge >= 0.3 is 0 Å². The smallest absolute Gasteiger partial charge is 0.236 e. The molecule has 1 saturated heterocycles. The van der Waals surface area contributed by atoms with E-state index in [0.29, 0.717) is 23.9 Å². The molecule has 6 heteroatoms. The fraction of sp³-hybridized carbons (Fsp3) is 0.440. The molecule has 1 N–H and O–H groups in total. The van der Waals surface area contributed by atoms with Gasteiger partial charge in [0.2, 0.25) is 11.8 Å². The first-order chi connectivity index (χ1) is 15.0. The Morgan fingerprint density at radius 1 is 1.16 bits per heavy atom. The van der Waals surface area contributed by atoms with Crippen molar-refractivity contribution in [3.8, 4) is 10.8 Å². The van der Waals surface area contributed by atoms with Crippen LogP contribution in [0.1, 0.15) is 42.8 Å². The first-order valence-electron chi connectivity index (χ1n) is 11.0. The highest BCUT2D eigenvalue weighted by Crippen LogP contribution is 2.26. The summed E-state index contributed by atoms with van der Waals surface area (Å²) in [6, 6.07) is 12.4. The van der Waals surface area contributed by atoms with Crippen LogP contribution in [-0.2, 0) is 24.3 Å². The number of aryl methyl sites for hydroxylation is 1. The van der Waals surface area contributed by atoms with Crippen LogP contribution in [0.4, 0.5) is 0 Å². The van der Waals surface area contributed by atoms with Gasteiger partial charge in [-0.05, 0) is 47.8 Å². The molecule has 31 heavy (non-hydrogen) atoms. The summed E-state index contributed by atoms with van der Waals surface area (Å²) in [5, 5.41) is 5.07. The summed E-state index contributed by atoms with van der Waals surface area (Å²) >= 11 is 1.58. The van der Waals surface area contributed by atoms with Crippen LogP contribution in [0.25, 0.3) is 10.8 Å². The molecule has 2 aromatic heterocycles. The van der Waals surface area contributed by atoms with Gasteiger partial charge in [-0.3, -0.25) is 9.69 Å². The van der Waals surface area contributed by atoms with Crippen molar-refractivity contribution in [1.29, 1.82) is 0 Å². The van der Waals surface area contributed by atoms with E-state index in [-0.39, 0.29) is 12.3 Å². The minimum Gasteiger partial charge on any atom is -0.440 e. The van der Waals surface area contributed by atoms with E-state index in [1.165, 1.54) is 17.5 Å². The van der Waals surface area contributed by atoms with Gasteiger partial charge in [-0.2, -0.15) is 0 Å². The number of nitrogens with zero attached hydrogens (tertiary/aromatic N) is 2. The number of amides is 1. The molecule has 0 bridgehead atoms. The Morgan fingerprint density at radius 2 is 1.90 bits per heavy atom. The normalized spacial score (nSPS) is 19.5. The van der Waals surface area contributed by atoms with Crippen molar-refractivity contribution in [2.75, 3.05) is 13.1 Å². The van der Waals surface area contributed by atoms with E-state index in [1.54, 1.807) is 11.3 Å². The standard InChI is InChI=1S/C25H31N3O2S/c1-17-11-18(2)15-28(14-17)16-21-8-5-4-7-20(21)13-26-24(29)12-22-19(3)30-25(27-22)23-9-6-10-31-23/h4-10,17-18H,11-16H2,1-3H3,(H,26,29). The van der Waals surface area contributed by atoms with Crippen molar-refractivity contribution in [3.05, 3.63) is 64.4 Å². The topological polar surface area (TPSA) is 58.4 Å². The van der Waals surface area contributed by atoms with E-state index >= 15 is 0 Å². The summed E-state index contributed by atoms with van der Waals surface area (Å²) in [6.07, 6.45) is 1.54. The Balaban J connectivity index is 1.36. The fourth-order valence-corrected chi connectivity index (χ4v) is 5.20. The molecule has 1 amide bonds. The average Bonchev–Trinajstić information content (AvgIpc) is 3.37. The molecule has 2 atom stereocenters. The lowest BCUT2D eigenvalue weighted by atomic mass is 9.91. The summed E-state index contributed by atoms with van der Waals surface area (Å²) in [5.74, 6) is 2.72. The van der Waals surface area contributed by atoms with E-state index in [2.05, 4.69) is 47.2 Å². The Morgan fingerprint density at radius 3 is 2.61 bits per heavy atom. The van der Waals surface area contributed by atoms with E-state index < -0.39 is 0 Å². The molecule has 2 unspecified atom stereocenters. The Kier molecular flexibility index (Phi) is 6.88. The number of carbonyl (C=O) groups is 1. The molecule has 0 aliphatic carbocycles. The predicted molar refractivity (Wildman–Crippen MR) is 125 cm³/mol. The van der Waals surface area contributed by atoms with Crippen molar-refractivity contribution in [2.45, 2.75) is 46.7 Å². The number of carbonyl (C=O) groups excluding carboxylic acids is 1. The fourth-order valence-electron chi connectivity index (χ4n) is 4.55. The minimum absolute atomic E-state index is 0.0378. The number of aromatic nitrogens is 1. The van der Waals surface area contributed by atoms with Gasteiger partial charge in [0.15, 0.2) is 0 Å². The van der Waals surface area contributed by atoms with Crippen molar-refractivity contribution in [2.24, 2.45) is 11.8 Å². The van der Waals surface area contributed by atoms with Gasteiger partial charge in [-0.1, -0.05) is 44.2 Å². The van der Waals surface area contributed by atoms with Crippen LogP contribution in [0.5, 0.6) is 0 Å². The lowest BCUT2D eigenvalue weighted by Crippen LogP contribution is -2.38. The van der Waals surface area contributed by atoms with Crippen LogP contribution in [-0.4, -0.2) is 28.9 Å². The number of nitrogens with one attached hydrogen (secondary N) is 1. The van der Waals surface area contributed by atoms with E-state index in [0.717, 1.165) is 36.3 Å². The second-order valence-electron chi connectivity index (χ2n) is 8.86. The highest BCUT2D eigenvalue weighted by Gasteiger charge is 2.22. The number of hydrogen-bond donors (Lipinski definition) is 1. The first-order valence-corrected chi connectivity index (χ1v) is 11.9. The molecule has 5 nitrogen and oxygen atoms in total. The monoisotopic (exact) mass is 437 g/mol. The number of likely N-dealkylation sites (tertiary alicyclic amines) is 1. The van der Waals surface area contributed by atoms with Crippen LogP contribution < -0.4 is 5.32 Å². The molecule has 3 heterocycles. The molecule has 164 valence electrons. The number of thiophene rings is 1. The Hall–Kier alpha value is -2.44. The molecule has 0 spiro atoms. The van der Waals surface area contributed by atoms with Gasteiger partial charge < -0.3 is 9.73 Å². The van der Waals surface area contributed by atoms with Gasteiger partial charge in [0.25, 0.3) is 0 Å². The van der Waals surface area contributed by atoms with Crippen molar-refractivity contribution >= 4 is 17.2 Å². The highest BCUT2D eigenvalue weighted by molar-refractivity contribution is 7.13. The Labute approximate surface area is 188 Å². The molecule has 1 aromatic carbocycles. The van der Waals surface area contributed by atoms with Gasteiger partial charge in [0.1, 0.15) is 5.76 Å². The number of hydrogen-bond acceptors (Lipinski definition) is 5. The van der Waals surface area contributed by atoms with Crippen LogP contribution in [0, 0.1) is 18.8 Å². The second-order valence-corrected chi connectivity index (χ2v) is 9.81. The summed E-state index contributed by atoms with van der Waals surface area (Å²) < 4.78 is 5.76. The number of oxazole rings is 1. The molecule has 1 fully saturated rings. The maximum absolute atomic E-state index is 12.6. The molecular weight excluding hydrogens is 406 g/mol. The summed E-state index contributed by atoms with van der Waals surface area (Å²) in [7, 11) is 0. The SMILES string of the molecule is Cc1oc(-c2cccs2)nc1CC(=O)NCc1ccccc1CN1CC(C)CC(C)C1. The van der Waals surface area contributed by atoms with Crippen molar-refractivity contribution in [1.82, 2.24) is 15.2 Å². The molecule has 1 aliphatic rings. The number of benzene rings is 1. The highest BCUT2D eigenvalue weighted by atomic mass is 32.1. The predicted octanol–water partition coefficient (Wildman–Crippen LogP) is 5.05. The van der Waals surface area contributed by atoms with Crippen LogP contribution in [0.2, 0.25) is 0 Å². The lowest BCUT2D eigenvalue weighted by molar-refractivity contribution is -0.120. The number of rotatable bonds is 7. The molecule has 1 aliphatic heterocycles. The van der Waals surface area contributed by atoms with Crippen LogP contribution in [0.15, 0.2) is 46.2 Å². The second kappa shape index (κ2) is 9.79. The first kappa shape index (κ1) is 21.8. The largest absolute Gasteiger partial charge is 0.440 e. The molecule has 0 radical (unpaired) electrons. The quantitative estimate of drug-likeness (QED) is 0.562. The van der Waals surface area contributed by atoms with E-state index in [1.807, 2.05) is 30.5 Å². The van der Waals surface area contributed by atoms with Crippen LogP contribution in [0.3, 0.4) is 0 Å². The Bertz CT molecular complexity index is 1000. The zero-order chi connectivity index (χ0) is 21.8. The summed E-state index contributed by atoms with van der Waals surface area (Å²) in [4.78, 5) is 20.7. The van der Waals surface area contributed by atoms with E-state index in [9.17, 15) is 4.79 Å².